The van der Waals surface area contributed by atoms with Crippen molar-refractivity contribution in [3.05, 3.63) is 0 Å². The van der Waals surface area contributed by atoms with Crippen LogP contribution in [-0.2, 0) is 0 Å². The minimum absolute atomic E-state index is 0.111. The van der Waals surface area contributed by atoms with E-state index in [-0.39, 0.29) is 8.83 Å². The molecule has 0 aromatic rings. The Bertz CT molecular complexity index is 31.4. The van der Waals surface area contributed by atoms with Crippen LogP contribution < -0.4 is 0 Å². The van der Waals surface area contributed by atoms with Crippen LogP contribution in [0.2, 0.25) is 12.6 Å². The molecule has 0 unspecified atom stereocenters. The van der Waals surface area contributed by atoms with Crippen molar-refractivity contribution in [1.29, 1.82) is 0 Å². The van der Waals surface area contributed by atoms with Gasteiger partial charge in [0.2, 0.25) is 0 Å². The molecule has 0 bridgehead atoms. The first-order valence-electron chi connectivity index (χ1n) is 3.89. The summed E-state index contributed by atoms with van der Waals surface area (Å²) in [6, 6.07) is 1.61. The van der Waals surface area contributed by atoms with Gasteiger partial charge >= 0.3 is 0 Å². The summed E-state index contributed by atoms with van der Waals surface area (Å²) in [7, 11) is 1.97. The number of hydrogen-bond acceptors (Lipinski definition) is 0. The topological polar surface area (TPSA) is 0 Å². The molecule has 0 fully saturated rings. The van der Waals surface area contributed by atoms with Gasteiger partial charge < -0.3 is 0 Å². The Morgan fingerprint density at radius 1 is 1.56 bits per heavy atom. The van der Waals surface area contributed by atoms with Crippen molar-refractivity contribution in [3.8, 4) is 0 Å². The lowest BCUT2D eigenvalue weighted by Gasteiger charge is -1.85. The van der Waals surface area contributed by atoms with Crippen LogP contribution in [-0.4, -0.2) is 27.6 Å². The minimum atomic E-state index is -0.111. The summed E-state index contributed by atoms with van der Waals surface area (Å²) in [5.41, 5.74) is 0. The molecule has 0 atom stereocenters. The molecule has 4 heteroatoms. The van der Waals surface area contributed by atoms with E-state index in [1.54, 1.807) is 15.8 Å². The first-order valence-corrected chi connectivity index (χ1v) is 14.1. The molecule has 58 valence electrons. The van der Waals surface area contributed by atoms with Gasteiger partial charge in [0.05, 0.1) is 0 Å². The van der Waals surface area contributed by atoms with Gasteiger partial charge in [-0.2, -0.15) is 11.1 Å². The molecule has 0 aromatic heterocycles. The molecule has 0 saturated heterocycles. The molecular weight excluding hydrogens is 180 g/mol. The smallest absolute Gasteiger partial charge is 0.122 e. The highest BCUT2D eigenvalue weighted by molar-refractivity contribution is 6.92. The monoisotopic (exact) mass is 198 g/mol. The summed E-state index contributed by atoms with van der Waals surface area (Å²) in [6.07, 6.45) is 2.92. The summed E-state index contributed by atoms with van der Waals surface area (Å²) >= 11 is 5.14. The molecule has 0 aliphatic carbocycles. The molecule has 0 aliphatic heterocycles. The van der Waals surface area contributed by atoms with Crippen LogP contribution in [0.15, 0.2) is 0 Å². The molecule has 0 N–H and O–H groups in total. The molecule has 0 saturated carbocycles. The fourth-order valence-electron chi connectivity index (χ4n) is 0.500. The molecule has 0 aromatic carbocycles. The predicted molar refractivity (Wildman–Crippen MR) is 58.5 cm³/mol. The van der Waals surface area contributed by atoms with Gasteiger partial charge in [0.1, 0.15) is 8.83 Å². The van der Waals surface area contributed by atoms with Gasteiger partial charge in [-0.3, -0.25) is 0 Å². The van der Waals surface area contributed by atoms with Crippen molar-refractivity contribution in [2.75, 3.05) is 0 Å². The van der Waals surface area contributed by atoms with Gasteiger partial charge in [0.25, 0.3) is 0 Å². The number of rotatable bonds is 3. The maximum absolute atomic E-state index is 5.14. The van der Waals surface area contributed by atoms with Gasteiger partial charge in [0, 0.05) is 9.04 Å². The highest BCUT2D eigenvalue weighted by Gasteiger charge is 1.76. The summed E-state index contributed by atoms with van der Waals surface area (Å²) in [5.74, 6) is 0. The Hall–Kier alpha value is 0.941. The summed E-state index contributed by atoms with van der Waals surface area (Å²) < 4.78 is 0. The van der Waals surface area contributed by atoms with Crippen LogP contribution >= 0.6 is 11.1 Å². The standard InChI is InChI=1S/C4H14Si2.CH5ClSi/c1-2-3-4-6-5;1-3-2/h2-4,6H2,1,5H3;3H2,1H3. The van der Waals surface area contributed by atoms with Crippen molar-refractivity contribution >= 4 is 38.7 Å². The molecule has 0 amide bonds. The zero-order valence-corrected chi connectivity index (χ0v) is 12.5. The first-order chi connectivity index (χ1) is 4.33. The van der Waals surface area contributed by atoms with Crippen molar-refractivity contribution in [2.45, 2.75) is 32.4 Å². The average molecular weight is 199 g/mol. The molecule has 0 radical (unpaired) electrons. The van der Waals surface area contributed by atoms with Crippen molar-refractivity contribution in [3.63, 3.8) is 0 Å². The van der Waals surface area contributed by atoms with E-state index in [4.69, 9.17) is 11.1 Å². The number of unbranched alkanes of at least 4 members (excludes halogenated alkanes) is 1. The first kappa shape index (κ1) is 12.6. The van der Waals surface area contributed by atoms with E-state index in [2.05, 4.69) is 6.92 Å². The largest absolute Gasteiger partial charge is 0.176 e. The van der Waals surface area contributed by atoms with Crippen LogP contribution in [0.1, 0.15) is 19.8 Å². The third-order valence-corrected chi connectivity index (χ3v) is 4.29. The van der Waals surface area contributed by atoms with Crippen LogP contribution in [0.4, 0.5) is 0 Å². The van der Waals surface area contributed by atoms with Crippen LogP contribution in [0.3, 0.4) is 0 Å². The molecule has 0 rings (SSSR count). The zero-order valence-electron chi connectivity index (χ0n) is 6.91. The highest BCUT2D eigenvalue weighted by atomic mass is 35.6. The Labute approximate surface area is 71.3 Å². The lowest BCUT2D eigenvalue weighted by atomic mass is 10.4. The Morgan fingerprint density at radius 2 is 2.00 bits per heavy atom. The predicted octanol–water partition coefficient (Wildman–Crippen LogP) is 0.0111. The molecule has 0 nitrogen and oxygen atoms in total. The highest BCUT2D eigenvalue weighted by Crippen LogP contribution is 1.89. The van der Waals surface area contributed by atoms with Crippen LogP contribution in [0.25, 0.3) is 0 Å². The van der Waals surface area contributed by atoms with Gasteiger partial charge in [-0.05, 0) is 9.76 Å². The summed E-state index contributed by atoms with van der Waals surface area (Å²) in [4.78, 5) is 0. The molecule has 0 aliphatic rings. The summed E-state index contributed by atoms with van der Waals surface area (Å²) in [5, 5.41) is 0. The van der Waals surface area contributed by atoms with E-state index in [0.717, 1.165) is 0 Å². The SMILES string of the molecule is CCCC[SiH2][SiH3].C[SiH2]Cl. The van der Waals surface area contributed by atoms with Crippen molar-refractivity contribution in [2.24, 2.45) is 0 Å². The lowest BCUT2D eigenvalue weighted by Crippen LogP contribution is -1.84. The maximum atomic E-state index is 5.14. The van der Waals surface area contributed by atoms with Gasteiger partial charge in [-0.25, -0.2) is 0 Å². The maximum Gasteiger partial charge on any atom is 0.122 e. The van der Waals surface area contributed by atoms with Gasteiger partial charge in [0.15, 0.2) is 0 Å². The van der Waals surface area contributed by atoms with E-state index in [0.29, 0.717) is 9.04 Å². The zero-order chi connectivity index (χ0) is 7.54. The fraction of sp³-hybridized carbons (Fsp3) is 1.00. The molecule has 9 heavy (non-hydrogen) atoms. The fourth-order valence-corrected chi connectivity index (χ4v) is 3.00. The molecule has 0 spiro atoms. The molecule has 0 heterocycles. The van der Waals surface area contributed by atoms with E-state index < -0.39 is 0 Å². The Balaban J connectivity index is 0. The quantitative estimate of drug-likeness (QED) is 0.341. The third-order valence-electron chi connectivity index (χ3n) is 0.957. The van der Waals surface area contributed by atoms with Crippen molar-refractivity contribution in [1.82, 2.24) is 0 Å². The number of hydrogen-bond donors (Lipinski definition) is 0. The second-order valence-corrected chi connectivity index (χ2v) is 8.82. The second kappa shape index (κ2) is 16.0. The van der Waals surface area contributed by atoms with E-state index in [1.807, 2.05) is 6.55 Å². The average Bonchev–Trinajstić information content (AvgIpc) is 1.86. The minimum Gasteiger partial charge on any atom is -0.176 e. The van der Waals surface area contributed by atoms with Crippen LogP contribution in [0, 0.1) is 0 Å². The normalized spacial score (nSPS) is 11.0. The van der Waals surface area contributed by atoms with E-state index >= 15 is 0 Å². The van der Waals surface area contributed by atoms with Crippen LogP contribution in [0.5, 0.6) is 0 Å². The van der Waals surface area contributed by atoms with E-state index in [9.17, 15) is 0 Å². The Kier molecular flexibility index (Phi) is 22.4. The lowest BCUT2D eigenvalue weighted by molar-refractivity contribution is 0.882. The summed E-state index contributed by atoms with van der Waals surface area (Å²) in [6.45, 7) is 4.30. The Morgan fingerprint density at radius 3 is 2.11 bits per heavy atom. The van der Waals surface area contributed by atoms with Crippen molar-refractivity contribution < 1.29 is 0 Å². The molecular formula is C5H19ClSi3. The van der Waals surface area contributed by atoms with Gasteiger partial charge in [-0.1, -0.05) is 32.4 Å². The second-order valence-electron chi connectivity index (χ2n) is 1.97. The third kappa shape index (κ3) is 27.7. The number of halogens is 1. The van der Waals surface area contributed by atoms with E-state index in [1.165, 1.54) is 12.8 Å². The van der Waals surface area contributed by atoms with Gasteiger partial charge in [-0.15, -0.1) is 0 Å².